The lowest BCUT2D eigenvalue weighted by Gasteiger charge is -2.17. The largest absolute Gasteiger partial charge is 0.480 e. The number of hydrogen-bond donors (Lipinski definition) is 3. The quantitative estimate of drug-likeness (QED) is 0.712. The van der Waals surface area contributed by atoms with Crippen LogP contribution < -0.4 is 10.6 Å². The maximum atomic E-state index is 11.8. The second-order valence-corrected chi connectivity index (χ2v) is 5.25. The number of aliphatic carboxylic acids is 1. The van der Waals surface area contributed by atoms with Crippen LogP contribution in [0.1, 0.15) is 25.1 Å². The number of thioether (sulfide) groups is 1. The molecule has 1 aromatic heterocycles. The summed E-state index contributed by atoms with van der Waals surface area (Å²) in [7, 11) is 0. The molecule has 110 valence electrons. The molecule has 0 saturated carbocycles. The van der Waals surface area contributed by atoms with Crippen LogP contribution in [-0.2, 0) is 4.79 Å². The predicted molar refractivity (Wildman–Crippen MR) is 78.7 cm³/mol. The van der Waals surface area contributed by atoms with Crippen LogP contribution in [0.2, 0.25) is 0 Å². The minimum absolute atomic E-state index is 0.286. The molecule has 0 aliphatic carbocycles. The van der Waals surface area contributed by atoms with Crippen molar-refractivity contribution in [2.45, 2.75) is 25.4 Å². The third kappa shape index (κ3) is 5.48. The van der Waals surface area contributed by atoms with Crippen molar-refractivity contribution < 1.29 is 14.7 Å². The number of carbonyl (C=O) groups is 2. The van der Waals surface area contributed by atoms with Gasteiger partial charge in [0, 0.05) is 6.20 Å². The molecule has 20 heavy (non-hydrogen) atoms. The molecule has 1 rings (SSSR count). The Hall–Kier alpha value is -1.76. The fourth-order valence-electron chi connectivity index (χ4n) is 1.60. The average Bonchev–Trinajstić information content (AvgIpc) is 2.44. The smallest absolute Gasteiger partial charge is 0.326 e. The second-order valence-electron chi connectivity index (χ2n) is 4.27. The monoisotopic (exact) mass is 297 g/mol. The first-order valence-electron chi connectivity index (χ1n) is 6.24. The Labute approximate surface area is 122 Å². The number of hydrogen-bond acceptors (Lipinski definition) is 4. The molecular weight excluding hydrogens is 278 g/mol. The van der Waals surface area contributed by atoms with Gasteiger partial charge in [-0.25, -0.2) is 9.59 Å². The predicted octanol–water partition coefficient (Wildman–Crippen LogP) is 1.65. The number of carboxylic acids is 1. The first-order valence-corrected chi connectivity index (χ1v) is 7.63. The Kier molecular flexibility index (Phi) is 6.86. The van der Waals surface area contributed by atoms with Gasteiger partial charge in [0.2, 0.25) is 0 Å². The topological polar surface area (TPSA) is 91.3 Å². The Morgan fingerprint density at radius 2 is 2.15 bits per heavy atom. The van der Waals surface area contributed by atoms with Crippen molar-refractivity contribution in [2.24, 2.45) is 0 Å². The highest BCUT2D eigenvalue weighted by Gasteiger charge is 2.20. The van der Waals surface area contributed by atoms with Crippen molar-refractivity contribution in [2.75, 3.05) is 12.0 Å². The van der Waals surface area contributed by atoms with Gasteiger partial charge < -0.3 is 15.7 Å². The summed E-state index contributed by atoms with van der Waals surface area (Å²) in [6, 6.07) is 3.75. The molecule has 0 aliphatic rings. The number of urea groups is 1. The molecule has 7 heteroatoms. The summed E-state index contributed by atoms with van der Waals surface area (Å²) in [5.41, 5.74) is 0.721. The van der Waals surface area contributed by atoms with Gasteiger partial charge in [-0.05, 0) is 37.5 Å². The summed E-state index contributed by atoms with van der Waals surface area (Å²) in [6.45, 7) is 1.79. The molecule has 0 aromatic carbocycles. The average molecular weight is 297 g/mol. The van der Waals surface area contributed by atoms with E-state index in [1.54, 1.807) is 37.0 Å². The highest BCUT2D eigenvalue weighted by Crippen LogP contribution is 2.07. The van der Waals surface area contributed by atoms with E-state index in [0.29, 0.717) is 12.2 Å². The van der Waals surface area contributed by atoms with Crippen LogP contribution in [0, 0.1) is 0 Å². The minimum atomic E-state index is -1.03. The van der Waals surface area contributed by atoms with E-state index in [1.165, 1.54) is 0 Å². The lowest BCUT2D eigenvalue weighted by molar-refractivity contribution is -0.139. The molecule has 2 amide bonds. The molecule has 0 radical (unpaired) electrons. The molecule has 0 saturated heterocycles. The molecule has 0 fully saturated rings. The zero-order valence-electron chi connectivity index (χ0n) is 11.5. The molecule has 1 heterocycles. The SMILES string of the molecule is CSCC[C@@H](NC(=O)NC(C)c1ccccn1)C(=O)O. The molecule has 1 unspecified atom stereocenters. The molecule has 0 spiro atoms. The van der Waals surface area contributed by atoms with Crippen molar-refractivity contribution >= 4 is 23.8 Å². The van der Waals surface area contributed by atoms with E-state index in [1.807, 2.05) is 12.3 Å². The van der Waals surface area contributed by atoms with E-state index in [0.717, 1.165) is 5.69 Å². The van der Waals surface area contributed by atoms with E-state index in [-0.39, 0.29) is 6.04 Å². The first kappa shape index (κ1) is 16.3. The molecule has 6 nitrogen and oxygen atoms in total. The Balaban J connectivity index is 2.51. The summed E-state index contributed by atoms with van der Waals surface area (Å²) < 4.78 is 0. The second kappa shape index (κ2) is 8.42. The summed E-state index contributed by atoms with van der Waals surface area (Å²) in [5, 5.41) is 14.2. The van der Waals surface area contributed by atoms with Crippen LogP contribution in [0.4, 0.5) is 4.79 Å². The van der Waals surface area contributed by atoms with E-state index in [2.05, 4.69) is 15.6 Å². The van der Waals surface area contributed by atoms with Crippen molar-refractivity contribution in [3.05, 3.63) is 30.1 Å². The summed E-state index contributed by atoms with van der Waals surface area (Å²) in [4.78, 5) is 27.0. The molecule has 3 N–H and O–H groups in total. The molecule has 0 bridgehead atoms. The van der Waals surface area contributed by atoms with Crippen LogP contribution in [0.5, 0.6) is 0 Å². The van der Waals surface area contributed by atoms with Gasteiger partial charge in [-0.3, -0.25) is 4.98 Å². The van der Waals surface area contributed by atoms with Crippen LogP contribution in [0.15, 0.2) is 24.4 Å². The molecule has 2 atom stereocenters. The van der Waals surface area contributed by atoms with Crippen LogP contribution in [0.3, 0.4) is 0 Å². The van der Waals surface area contributed by atoms with Gasteiger partial charge in [-0.2, -0.15) is 11.8 Å². The van der Waals surface area contributed by atoms with Gasteiger partial charge in [0.05, 0.1) is 11.7 Å². The lowest BCUT2D eigenvalue weighted by Crippen LogP contribution is -2.46. The van der Waals surface area contributed by atoms with Crippen LogP contribution >= 0.6 is 11.8 Å². The zero-order valence-corrected chi connectivity index (χ0v) is 12.3. The number of pyridine rings is 1. The van der Waals surface area contributed by atoms with E-state index in [9.17, 15) is 9.59 Å². The molecular formula is C13H19N3O3S. The minimum Gasteiger partial charge on any atom is -0.480 e. The van der Waals surface area contributed by atoms with Crippen LogP contribution in [-0.4, -0.2) is 40.1 Å². The standard InChI is InChI=1S/C13H19N3O3S/c1-9(10-5-3-4-7-14-10)15-13(19)16-11(12(17)18)6-8-20-2/h3-5,7,9,11H,6,8H2,1-2H3,(H,17,18)(H2,15,16,19)/t9?,11-/m1/s1. The third-order valence-electron chi connectivity index (χ3n) is 2.69. The fourth-order valence-corrected chi connectivity index (χ4v) is 2.07. The number of amides is 2. The Morgan fingerprint density at radius 3 is 2.70 bits per heavy atom. The Morgan fingerprint density at radius 1 is 1.40 bits per heavy atom. The van der Waals surface area contributed by atoms with Gasteiger partial charge in [0.25, 0.3) is 0 Å². The lowest BCUT2D eigenvalue weighted by atomic mass is 10.2. The fraction of sp³-hybridized carbons (Fsp3) is 0.462. The maximum absolute atomic E-state index is 11.8. The zero-order chi connectivity index (χ0) is 15.0. The number of nitrogens with zero attached hydrogens (tertiary/aromatic N) is 1. The van der Waals surface area contributed by atoms with E-state index >= 15 is 0 Å². The summed E-state index contributed by atoms with van der Waals surface area (Å²) in [5.74, 6) is -0.354. The number of carboxylic acid groups (broad SMARTS) is 1. The highest BCUT2D eigenvalue weighted by atomic mass is 32.2. The maximum Gasteiger partial charge on any atom is 0.326 e. The van der Waals surface area contributed by atoms with Crippen molar-refractivity contribution in [3.63, 3.8) is 0 Å². The van der Waals surface area contributed by atoms with E-state index in [4.69, 9.17) is 5.11 Å². The third-order valence-corrected chi connectivity index (χ3v) is 3.34. The summed E-state index contributed by atoms with van der Waals surface area (Å²) in [6.07, 6.45) is 3.92. The molecule has 0 aliphatic heterocycles. The normalized spacial score (nSPS) is 13.3. The number of aromatic nitrogens is 1. The van der Waals surface area contributed by atoms with Crippen LogP contribution in [0.25, 0.3) is 0 Å². The molecule has 1 aromatic rings. The van der Waals surface area contributed by atoms with Gasteiger partial charge >= 0.3 is 12.0 Å². The van der Waals surface area contributed by atoms with E-state index < -0.39 is 18.0 Å². The summed E-state index contributed by atoms with van der Waals surface area (Å²) >= 11 is 1.54. The van der Waals surface area contributed by atoms with Crippen molar-refractivity contribution in [1.82, 2.24) is 15.6 Å². The number of rotatable bonds is 7. The number of nitrogens with one attached hydrogen (secondary N) is 2. The van der Waals surface area contributed by atoms with Gasteiger partial charge in [-0.15, -0.1) is 0 Å². The number of carbonyl (C=O) groups excluding carboxylic acids is 1. The van der Waals surface area contributed by atoms with Crippen molar-refractivity contribution in [1.29, 1.82) is 0 Å². The first-order chi connectivity index (χ1) is 9.54. The van der Waals surface area contributed by atoms with Gasteiger partial charge in [0.15, 0.2) is 0 Å². The van der Waals surface area contributed by atoms with Crippen molar-refractivity contribution in [3.8, 4) is 0 Å². The highest BCUT2D eigenvalue weighted by molar-refractivity contribution is 7.98. The van der Waals surface area contributed by atoms with Gasteiger partial charge in [0.1, 0.15) is 6.04 Å². The Bertz CT molecular complexity index is 442. The van der Waals surface area contributed by atoms with Gasteiger partial charge in [-0.1, -0.05) is 6.07 Å².